The van der Waals surface area contributed by atoms with Crippen molar-refractivity contribution in [2.24, 2.45) is 4.99 Å². The average molecular weight is 408 g/mol. The molecular weight excluding hydrogens is 385 g/mol. The van der Waals surface area contributed by atoms with Gasteiger partial charge in [-0.25, -0.2) is 4.99 Å². The third-order valence-corrected chi connectivity index (χ3v) is 3.77. The summed E-state index contributed by atoms with van der Waals surface area (Å²) in [5, 5.41) is 7.58. The summed E-state index contributed by atoms with van der Waals surface area (Å²) >= 11 is 6.14. The Kier molecular flexibility index (Phi) is 8.30. The molecule has 0 bridgehead atoms. The van der Waals surface area contributed by atoms with E-state index < -0.39 is 0 Å². The molecule has 1 fully saturated rings. The van der Waals surface area contributed by atoms with Crippen LogP contribution in [0.3, 0.4) is 0 Å². The first-order valence-corrected chi connectivity index (χ1v) is 7.45. The van der Waals surface area contributed by atoms with Crippen molar-refractivity contribution in [3.63, 3.8) is 0 Å². The highest BCUT2D eigenvalue weighted by Crippen LogP contribution is 2.18. The third-order valence-electron chi connectivity index (χ3n) is 3.41. The van der Waals surface area contributed by atoms with Gasteiger partial charge in [-0.1, -0.05) is 42.6 Å². The van der Waals surface area contributed by atoms with E-state index in [9.17, 15) is 0 Å². The number of nitrogens with zero attached hydrogens (tertiary/aromatic N) is 1. The van der Waals surface area contributed by atoms with E-state index in [2.05, 4.69) is 22.5 Å². The maximum atomic E-state index is 6.14. The van der Waals surface area contributed by atoms with Crippen LogP contribution in [0, 0.1) is 0 Å². The second kappa shape index (κ2) is 9.45. The number of aliphatic imine (C=N–C) groups is 1. The standard InChI is InChI=1S/C15H22ClN3.HI/c1-2-17-15(19-13-8-4-5-9-13)18-11-12-7-3-6-10-14(12)16;/h3,6-7,10,13H,2,4-5,8-9,11H2,1H3,(H2,17,18,19);1H. The number of nitrogens with one attached hydrogen (secondary N) is 2. The molecule has 1 saturated carbocycles. The van der Waals surface area contributed by atoms with Crippen LogP contribution in [0.1, 0.15) is 38.2 Å². The molecule has 1 aromatic carbocycles. The Hall–Kier alpha value is -0.490. The molecule has 5 heteroatoms. The molecule has 0 aromatic heterocycles. The number of rotatable bonds is 4. The second-order valence-electron chi connectivity index (χ2n) is 4.91. The van der Waals surface area contributed by atoms with Crippen molar-refractivity contribution in [3.8, 4) is 0 Å². The quantitative estimate of drug-likeness (QED) is 0.450. The van der Waals surface area contributed by atoms with Gasteiger partial charge in [-0.05, 0) is 31.4 Å². The second-order valence-corrected chi connectivity index (χ2v) is 5.32. The fourth-order valence-corrected chi connectivity index (χ4v) is 2.57. The van der Waals surface area contributed by atoms with E-state index >= 15 is 0 Å². The minimum Gasteiger partial charge on any atom is -0.357 e. The van der Waals surface area contributed by atoms with Gasteiger partial charge in [-0.15, -0.1) is 24.0 Å². The summed E-state index contributed by atoms with van der Waals surface area (Å²) < 4.78 is 0. The molecular formula is C15H23ClIN3. The topological polar surface area (TPSA) is 36.4 Å². The number of halogens is 2. The lowest BCUT2D eigenvalue weighted by atomic mass is 10.2. The summed E-state index contributed by atoms with van der Waals surface area (Å²) in [6, 6.07) is 8.43. The molecule has 1 aliphatic rings. The van der Waals surface area contributed by atoms with Gasteiger partial charge in [-0.3, -0.25) is 0 Å². The normalized spacial score (nSPS) is 15.8. The fourth-order valence-electron chi connectivity index (χ4n) is 2.37. The van der Waals surface area contributed by atoms with E-state index in [0.717, 1.165) is 23.1 Å². The Bertz CT molecular complexity index is 431. The van der Waals surface area contributed by atoms with E-state index in [1.165, 1.54) is 25.7 Å². The number of hydrogen-bond donors (Lipinski definition) is 2. The maximum Gasteiger partial charge on any atom is 0.191 e. The van der Waals surface area contributed by atoms with E-state index in [-0.39, 0.29) is 24.0 Å². The van der Waals surface area contributed by atoms with Gasteiger partial charge in [0.2, 0.25) is 0 Å². The van der Waals surface area contributed by atoms with Crippen LogP contribution >= 0.6 is 35.6 Å². The van der Waals surface area contributed by atoms with Crippen molar-refractivity contribution in [2.75, 3.05) is 6.54 Å². The average Bonchev–Trinajstić information content (AvgIpc) is 2.91. The summed E-state index contributed by atoms with van der Waals surface area (Å²) in [5.74, 6) is 0.898. The Balaban J connectivity index is 0.00000200. The molecule has 2 N–H and O–H groups in total. The molecule has 0 unspecified atom stereocenters. The first-order chi connectivity index (χ1) is 9.29. The van der Waals surface area contributed by atoms with Crippen LogP contribution < -0.4 is 10.6 Å². The van der Waals surface area contributed by atoms with Gasteiger partial charge in [0.15, 0.2) is 5.96 Å². The highest BCUT2D eigenvalue weighted by molar-refractivity contribution is 14.0. The van der Waals surface area contributed by atoms with Gasteiger partial charge < -0.3 is 10.6 Å². The third kappa shape index (κ3) is 5.48. The molecule has 1 aliphatic carbocycles. The Morgan fingerprint density at radius 2 is 2.00 bits per heavy atom. The zero-order valence-corrected chi connectivity index (χ0v) is 14.9. The van der Waals surface area contributed by atoms with E-state index in [0.29, 0.717) is 12.6 Å². The highest BCUT2D eigenvalue weighted by atomic mass is 127. The molecule has 1 aromatic rings. The van der Waals surface area contributed by atoms with E-state index in [1.807, 2.05) is 24.3 Å². The number of benzene rings is 1. The van der Waals surface area contributed by atoms with Gasteiger partial charge in [0.05, 0.1) is 6.54 Å². The zero-order valence-electron chi connectivity index (χ0n) is 11.9. The molecule has 0 atom stereocenters. The van der Waals surface area contributed by atoms with Crippen molar-refractivity contribution in [1.29, 1.82) is 0 Å². The van der Waals surface area contributed by atoms with Gasteiger partial charge in [0.25, 0.3) is 0 Å². The van der Waals surface area contributed by atoms with Crippen molar-refractivity contribution < 1.29 is 0 Å². The molecule has 0 aliphatic heterocycles. The van der Waals surface area contributed by atoms with Crippen LogP contribution in [0.4, 0.5) is 0 Å². The first kappa shape index (κ1) is 17.6. The first-order valence-electron chi connectivity index (χ1n) is 7.08. The van der Waals surface area contributed by atoms with Crippen molar-refractivity contribution in [2.45, 2.75) is 45.2 Å². The number of hydrogen-bond acceptors (Lipinski definition) is 1. The van der Waals surface area contributed by atoms with Crippen LogP contribution in [0.5, 0.6) is 0 Å². The lowest BCUT2D eigenvalue weighted by Crippen LogP contribution is -2.42. The van der Waals surface area contributed by atoms with Crippen molar-refractivity contribution in [3.05, 3.63) is 34.9 Å². The highest BCUT2D eigenvalue weighted by Gasteiger charge is 2.15. The molecule has 0 spiro atoms. The maximum absolute atomic E-state index is 6.14. The largest absolute Gasteiger partial charge is 0.357 e. The van der Waals surface area contributed by atoms with Crippen LogP contribution in [0.15, 0.2) is 29.3 Å². The molecule has 3 nitrogen and oxygen atoms in total. The molecule has 0 saturated heterocycles. The summed E-state index contributed by atoms with van der Waals surface area (Å²) in [6.07, 6.45) is 5.14. The van der Waals surface area contributed by atoms with Crippen molar-refractivity contribution >= 4 is 41.5 Å². The Labute approximate surface area is 143 Å². The molecule has 20 heavy (non-hydrogen) atoms. The smallest absolute Gasteiger partial charge is 0.191 e. The van der Waals surface area contributed by atoms with E-state index in [4.69, 9.17) is 11.6 Å². The van der Waals surface area contributed by atoms with E-state index in [1.54, 1.807) is 0 Å². The molecule has 0 radical (unpaired) electrons. The van der Waals surface area contributed by atoms with Crippen LogP contribution in [0.2, 0.25) is 5.02 Å². The molecule has 2 rings (SSSR count). The zero-order chi connectivity index (χ0) is 13.5. The Morgan fingerprint density at radius 3 is 2.65 bits per heavy atom. The predicted molar refractivity (Wildman–Crippen MR) is 97.1 cm³/mol. The Morgan fingerprint density at radius 1 is 1.30 bits per heavy atom. The molecule has 112 valence electrons. The van der Waals surface area contributed by atoms with Crippen LogP contribution in [0.25, 0.3) is 0 Å². The van der Waals surface area contributed by atoms with Gasteiger partial charge in [-0.2, -0.15) is 0 Å². The SMILES string of the molecule is CCNC(=NCc1ccccc1Cl)NC1CCCC1.I. The van der Waals surface area contributed by atoms with Crippen LogP contribution in [-0.4, -0.2) is 18.5 Å². The predicted octanol–water partition coefficient (Wildman–Crippen LogP) is 3.96. The lowest BCUT2D eigenvalue weighted by Gasteiger charge is -2.16. The summed E-state index contributed by atoms with van der Waals surface area (Å²) in [6.45, 7) is 3.57. The van der Waals surface area contributed by atoms with Gasteiger partial charge in [0, 0.05) is 17.6 Å². The molecule has 0 amide bonds. The van der Waals surface area contributed by atoms with Crippen LogP contribution in [-0.2, 0) is 6.54 Å². The summed E-state index contributed by atoms with van der Waals surface area (Å²) in [7, 11) is 0. The molecule has 0 heterocycles. The fraction of sp³-hybridized carbons (Fsp3) is 0.533. The van der Waals surface area contributed by atoms with Gasteiger partial charge in [0.1, 0.15) is 0 Å². The minimum atomic E-state index is 0. The number of guanidine groups is 1. The summed E-state index contributed by atoms with van der Waals surface area (Å²) in [5.41, 5.74) is 1.06. The van der Waals surface area contributed by atoms with Gasteiger partial charge >= 0.3 is 0 Å². The summed E-state index contributed by atoms with van der Waals surface area (Å²) in [4.78, 5) is 4.62. The lowest BCUT2D eigenvalue weighted by molar-refractivity contribution is 0.614. The monoisotopic (exact) mass is 407 g/mol. The minimum absolute atomic E-state index is 0. The van der Waals surface area contributed by atoms with Crippen molar-refractivity contribution in [1.82, 2.24) is 10.6 Å².